The Morgan fingerprint density at radius 3 is 2.48 bits per heavy atom. The molecule has 0 radical (unpaired) electrons. The third-order valence-electron chi connectivity index (χ3n) is 5.92. The number of aromatic nitrogens is 1. The van der Waals surface area contributed by atoms with Crippen molar-refractivity contribution in [2.24, 2.45) is 11.0 Å². The molecule has 0 bridgehead atoms. The zero-order valence-corrected chi connectivity index (χ0v) is 18.0. The monoisotopic (exact) mass is 451 g/mol. The number of hydrogen-bond acceptors (Lipinski definition) is 6. The highest BCUT2D eigenvalue weighted by atomic mass is 19.2. The molecule has 2 aromatic carbocycles. The molecule has 4 rings (SSSR count). The molecule has 170 valence electrons. The zero-order valence-electron chi connectivity index (χ0n) is 18.0. The van der Waals surface area contributed by atoms with E-state index in [1.807, 2.05) is 0 Å². The number of rotatable bonds is 6. The molecule has 9 heteroatoms. The molecule has 1 aromatic heterocycles. The lowest BCUT2D eigenvalue weighted by Crippen LogP contribution is -2.33. The number of benzene rings is 2. The number of pyridine rings is 1. The summed E-state index contributed by atoms with van der Waals surface area (Å²) < 4.78 is 27.0. The van der Waals surface area contributed by atoms with Crippen molar-refractivity contribution in [3.05, 3.63) is 81.8 Å². The van der Waals surface area contributed by atoms with Gasteiger partial charge in [0.1, 0.15) is 5.70 Å². The number of nitrogens with one attached hydrogen (secondary N) is 3. The van der Waals surface area contributed by atoms with Crippen LogP contribution in [0.15, 0.2) is 58.6 Å². The molecule has 2 heterocycles. The topological polar surface area (TPSA) is 101 Å². The number of piperidine rings is 1. The summed E-state index contributed by atoms with van der Waals surface area (Å²) >= 11 is 0. The van der Waals surface area contributed by atoms with Crippen LogP contribution in [0.25, 0.3) is 16.6 Å². The maximum atomic E-state index is 13.6. The van der Waals surface area contributed by atoms with Crippen LogP contribution in [0.5, 0.6) is 0 Å². The smallest absolute Gasteiger partial charge is 0.258 e. The minimum Gasteiger partial charge on any atom is -0.360 e. The molecule has 1 fully saturated rings. The van der Waals surface area contributed by atoms with E-state index in [9.17, 15) is 18.4 Å². The minimum absolute atomic E-state index is 0.00867. The number of H-pyrrole nitrogens is 1. The lowest BCUT2D eigenvalue weighted by Gasteiger charge is -2.28. The maximum absolute atomic E-state index is 13.6. The first-order valence-corrected chi connectivity index (χ1v) is 10.5. The van der Waals surface area contributed by atoms with Crippen LogP contribution in [-0.2, 0) is 0 Å². The van der Waals surface area contributed by atoms with Crippen LogP contribution >= 0.6 is 0 Å². The highest BCUT2D eigenvalue weighted by Gasteiger charge is 2.24. The van der Waals surface area contributed by atoms with E-state index in [-0.39, 0.29) is 33.9 Å². The second-order valence-electron chi connectivity index (χ2n) is 8.17. The molecule has 1 aliphatic heterocycles. The number of carbonyl (C=O) groups is 1. The molecule has 1 aliphatic rings. The summed E-state index contributed by atoms with van der Waals surface area (Å²) in [4.78, 5) is 29.8. The van der Waals surface area contributed by atoms with Crippen LogP contribution in [0.4, 0.5) is 14.5 Å². The van der Waals surface area contributed by atoms with Crippen molar-refractivity contribution in [2.45, 2.75) is 12.8 Å². The molecule has 0 spiro atoms. The molecule has 0 aliphatic carbocycles. The quantitative estimate of drug-likeness (QED) is 0.371. The molecule has 33 heavy (non-hydrogen) atoms. The van der Waals surface area contributed by atoms with Crippen LogP contribution in [0.1, 0.15) is 28.8 Å². The fourth-order valence-corrected chi connectivity index (χ4v) is 3.95. The molecule has 0 atom stereocenters. The van der Waals surface area contributed by atoms with E-state index in [4.69, 9.17) is 5.53 Å². The van der Waals surface area contributed by atoms with Gasteiger partial charge in [0.05, 0.1) is 11.1 Å². The summed E-state index contributed by atoms with van der Waals surface area (Å²) in [5, 5.41) is 6.63. The summed E-state index contributed by atoms with van der Waals surface area (Å²) in [6.07, 6.45) is 3.07. The molecule has 0 saturated carbocycles. The molecule has 7 nitrogen and oxygen atoms in total. The molecular weight excluding hydrogens is 428 g/mol. The summed E-state index contributed by atoms with van der Waals surface area (Å²) in [6.45, 7) is 1.82. The average Bonchev–Trinajstić information content (AvgIpc) is 2.81. The lowest BCUT2D eigenvalue weighted by atomic mass is 9.89. The fraction of sp³-hybridized carbons (Fsp3) is 0.250. The average molecular weight is 451 g/mol. The van der Waals surface area contributed by atoms with E-state index >= 15 is 0 Å². The van der Waals surface area contributed by atoms with Crippen molar-refractivity contribution >= 4 is 28.1 Å². The molecule has 3 N–H and O–H groups in total. The zero-order chi connectivity index (χ0) is 23.5. The van der Waals surface area contributed by atoms with Gasteiger partial charge in [-0.05, 0) is 69.4 Å². The number of anilines is 1. The number of Topliss-reactive ketones (excluding diaryl/α,β-unsaturated/α-hetero) is 1. The van der Waals surface area contributed by atoms with Crippen molar-refractivity contribution in [3.8, 4) is 0 Å². The number of fused-ring (bicyclic) bond motifs is 1. The first-order valence-electron chi connectivity index (χ1n) is 10.5. The standard InChI is InChI=1S/C24H23F2N5O2/c1-31-8-6-15(7-9-31)23(32)14-2-4-17(5-3-14)28-13-22(30-27)18-10-16-11-19(25)20(26)12-21(16)29-24(18)33/h2-5,10-13,15,27-28H,6-9H2,1H3,(H,29,33)/b22-13-,30-27?. The Morgan fingerprint density at radius 1 is 1.15 bits per heavy atom. The number of aromatic amines is 1. The third kappa shape index (κ3) is 4.88. The van der Waals surface area contributed by atoms with Gasteiger partial charge in [0.25, 0.3) is 5.56 Å². The van der Waals surface area contributed by atoms with E-state index in [0.717, 1.165) is 38.1 Å². The van der Waals surface area contributed by atoms with Crippen LogP contribution < -0.4 is 10.9 Å². The number of carbonyl (C=O) groups excluding carboxylic acids is 1. The predicted molar refractivity (Wildman–Crippen MR) is 122 cm³/mol. The van der Waals surface area contributed by atoms with E-state index in [1.165, 1.54) is 12.3 Å². The number of likely N-dealkylation sites (tertiary alicyclic amines) is 1. The Balaban J connectivity index is 1.52. The predicted octanol–water partition coefficient (Wildman–Crippen LogP) is 4.77. The number of halogens is 2. The van der Waals surface area contributed by atoms with Gasteiger partial charge in [-0.15, -0.1) is 0 Å². The van der Waals surface area contributed by atoms with Gasteiger partial charge in [0.2, 0.25) is 0 Å². The van der Waals surface area contributed by atoms with Gasteiger partial charge in [-0.1, -0.05) is 0 Å². The third-order valence-corrected chi connectivity index (χ3v) is 5.92. The summed E-state index contributed by atoms with van der Waals surface area (Å²) in [6, 6.07) is 10.2. The van der Waals surface area contributed by atoms with Crippen LogP contribution in [0.3, 0.4) is 0 Å². The largest absolute Gasteiger partial charge is 0.360 e. The van der Waals surface area contributed by atoms with Crippen molar-refractivity contribution in [1.82, 2.24) is 9.88 Å². The summed E-state index contributed by atoms with van der Waals surface area (Å²) in [7, 11) is 2.05. The SMILES string of the molecule is CN1CCC(C(=O)c2ccc(N/C=C(\N=N)c3cc4cc(F)c(F)cc4[nH]c3=O)cc2)CC1. The number of hydrogen-bond donors (Lipinski definition) is 3. The van der Waals surface area contributed by atoms with Crippen LogP contribution in [0, 0.1) is 23.1 Å². The van der Waals surface area contributed by atoms with Gasteiger partial charge in [-0.3, -0.25) is 9.59 Å². The van der Waals surface area contributed by atoms with Crippen LogP contribution in [0.2, 0.25) is 0 Å². The highest BCUT2D eigenvalue weighted by molar-refractivity contribution is 5.98. The van der Waals surface area contributed by atoms with Gasteiger partial charge in [-0.25, -0.2) is 14.3 Å². The Bertz CT molecular complexity index is 1290. The first kappa shape index (κ1) is 22.5. The van der Waals surface area contributed by atoms with Gasteiger partial charge >= 0.3 is 0 Å². The van der Waals surface area contributed by atoms with E-state index in [2.05, 4.69) is 27.4 Å². The normalized spacial score (nSPS) is 15.5. The molecule has 0 amide bonds. The fourth-order valence-electron chi connectivity index (χ4n) is 3.95. The van der Waals surface area contributed by atoms with Crippen molar-refractivity contribution in [3.63, 3.8) is 0 Å². The van der Waals surface area contributed by atoms with E-state index < -0.39 is 17.2 Å². The minimum atomic E-state index is -1.06. The Kier molecular flexibility index (Phi) is 6.41. The van der Waals surface area contributed by atoms with Gasteiger partial charge in [0, 0.05) is 34.8 Å². The van der Waals surface area contributed by atoms with E-state index in [1.54, 1.807) is 24.3 Å². The van der Waals surface area contributed by atoms with Crippen molar-refractivity contribution < 1.29 is 13.6 Å². The van der Waals surface area contributed by atoms with E-state index in [0.29, 0.717) is 11.3 Å². The second-order valence-corrected chi connectivity index (χ2v) is 8.17. The lowest BCUT2D eigenvalue weighted by molar-refractivity contribution is 0.0857. The summed E-state index contributed by atoms with van der Waals surface area (Å²) in [5.41, 5.74) is 8.33. The summed E-state index contributed by atoms with van der Waals surface area (Å²) in [5.74, 6) is -1.93. The van der Waals surface area contributed by atoms with Crippen molar-refractivity contribution in [1.29, 1.82) is 5.53 Å². The Morgan fingerprint density at radius 2 is 1.82 bits per heavy atom. The number of nitrogens with zero attached hydrogens (tertiary/aromatic N) is 2. The molecule has 3 aromatic rings. The number of ketones is 1. The Labute approximate surface area is 188 Å². The molecule has 1 saturated heterocycles. The van der Waals surface area contributed by atoms with Gasteiger partial charge < -0.3 is 15.2 Å². The van der Waals surface area contributed by atoms with Gasteiger partial charge in [-0.2, -0.15) is 5.11 Å². The Hall–Kier alpha value is -3.72. The first-order chi connectivity index (χ1) is 15.9. The maximum Gasteiger partial charge on any atom is 0.258 e. The molecular formula is C24H23F2N5O2. The molecule has 0 unspecified atom stereocenters. The van der Waals surface area contributed by atoms with Crippen molar-refractivity contribution in [2.75, 3.05) is 25.5 Å². The van der Waals surface area contributed by atoms with Gasteiger partial charge in [0.15, 0.2) is 17.4 Å². The second kappa shape index (κ2) is 9.41. The van der Waals surface area contributed by atoms with Crippen LogP contribution in [-0.4, -0.2) is 35.8 Å². The highest BCUT2D eigenvalue weighted by Crippen LogP contribution is 2.23.